The Hall–Kier alpha value is -0.440. The Morgan fingerprint density at radius 2 is 0.900 bits per heavy atom. The summed E-state index contributed by atoms with van der Waals surface area (Å²) in [4.78, 5) is 10.9. The molecule has 3 fully saturated rings. The van der Waals surface area contributed by atoms with Gasteiger partial charge in [-0.15, -0.1) is 0 Å². The fourth-order valence-electron chi connectivity index (χ4n) is 4.32. The molecule has 40 heavy (non-hydrogen) atoms. The van der Waals surface area contributed by atoms with Crippen LogP contribution >= 0.6 is 0 Å². The molecule has 5 N–H and O–H groups in total. The van der Waals surface area contributed by atoms with Crippen molar-refractivity contribution in [3.63, 3.8) is 0 Å². The van der Waals surface area contributed by atoms with Crippen LogP contribution in [0.4, 0.5) is 0 Å². The van der Waals surface area contributed by atoms with E-state index >= 15 is 0 Å². The van der Waals surface area contributed by atoms with Crippen molar-refractivity contribution in [1.82, 2.24) is 24.5 Å². The minimum atomic E-state index is 0.257. The molecule has 3 aliphatic rings. The first-order valence-corrected chi connectivity index (χ1v) is 15.6. The summed E-state index contributed by atoms with van der Waals surface area (Å²) < 4.78 is 5.12. The van der Waals surface area contributed by atoms with Crippen LogP contribution in [-0.2, 0) is 4.74 Å². The van der Waals surface area contributed by atoms with E-state index < -0.39 is 0 Å². The molecular weight excluding hydrogens is 514 g/mol. The van der Waals surface area contributed by atoms with Gasteiger partial charge in [0.15, 0.2) is 0 Å². The van der Waals surface area contributed by atoms with Crippen molar-refractivity contribution < 1.29 is 30.3 Å². The van der Waals surface area contributed by atoms with Gasteiger partial charge in [-0.3, -0.25) is 4.90 Å². The van der Waals surface area contributed by atoms with Gasteiger partial charge in [-0.25, -0.2) is 0 Å². The molecule has 3 rings (SSSR count). The van der Waals surface area contributed by atoms with Crippen molar-refractivity contribution in [3.8, 4) is 0 Å². The minimum Gasteiger partial charge on any atom is -0.395 e. The zero-order valence-electron chi connectivity index (χ0n) is 26.6. The third kappa shape index (κ3) is 29.1. The predicted molar refractivity (Wildman–Crippen MR) is 165 cm³/mol. The lowest BCUT2D eigenvalue weighted by atomic mass is 10.1. The van der Waals surface area contributed by atoms with E-state index in [2.05, 4.69) is 33.4 Å². The van der Waals surface area contributed by atoms with E-state index in [9.17, 15) is 0 Å². The number of aliphatic hydroxyl groups excluding tert-OH is 5. The third-order valence-corrected chi connectivity index (χ3v) is 6.86. The summed E-state index contributed by atoms with van der Waals surface area (Å²) in [6, 6.07) is 0. The summed E-state index contributed by atoms with van der Waals surface area (Å²) in [6.07, 6.45) is 6.65. The van der Waals surface area contributed by atoms with Crippen molar-refractivity contribution in [2.75, 3.05) is 145 Å². The van der Waals surface area contributed by atoms with Crippen LogP contribution < -0.4 is 0 Å². The minimum absolute atomic E-state index is 0.257. The van der Waals surface area contributed by atoms with Crippen LogP contribution in [0.5, 0.6) is 0 Å². The molecule has 3 aliphatic heterocycles. The van der Waals surface area contributed by atoms with Gasteiger partial charge in [-0.1, -0.05) is 20.3 Å². The van der Waals surface area contributed by atoms with Crippen molar-refractivity contribution in [3.05, 3.63) is 0 Å². The summed E-state index contributed by atoms with van der Waals surface area (Å²) in [5.74, 6) is 0. The van der Waals surface area contributed by atoms with Gasteiger partial charge in [0.05, 0.1) is 46.2 Å². The number of ether oxygens (including phenoxy) is 1. The molecule has 0 saturated carbocycles. The van der Waals surface area contributed by atoms with Gasteiger partial charge in [0.1, 0.15) is 0 Å². The molecule has 11 heteroatoms. The maximum absolute atomic E-state index is 8.58. The first kappa shape index (κ1) is 41.7. The van der Waals surface area contributed by atoms with Gasteiger partial charge >= 0.3 is 0 Å². The SMILES string of the molecule is CCN(CC)CCO.CN(C)CCO.OCCN1CCCC1.OCCN1CCCCC1.OCCN1CCOCC1. The van der Waals surface area contributed by atoms with Gasteiger partial charge in [-0.2, -0.15) is 0 Å². The average Bonchev–Trinajstić information content (AvgIpc) is 3.48. The molecule has 11 nitrogen and oxygen atoms in total. The number of morpholine rings is 1. The second-order valence-corrected chi connectivity index (χ2v) is 10.4. The summed E-state index contributed by atoms with van der Waals surface area (Å²) in [5, 5.41) is 42.3. The van der Waals surface area contributed by atoms with Crippen LogP contribution in [0.25, 0.3) is 0 Å². The molecule has 0 aromatic heterocycles. The Labute approximate surface area is 246 Å². The number of aliphatic hydroxyl groups is 5. The van der Waals surface area contributed by atoms with Crippen molar-refractivity contribution in [2.45, 2.75) is 46.0 Å². The number of β-amino-alcohol motifs (C(OH)–C–C–N with tert-alkyl or cyclic N) is 3. The summed E-state index contributed by atoms with van der Waals surface area (Å²) in [6.45, 7) is 20.2. The molecular formula is C29H67N5O6. The number of rotatable bonds is 12. The number of piperidine rings is 1. The molecule has 0 aromatic rings. The highest BCUT2D eigenvalue weighted by atomic mass is 16.5. The summed E-state index contributed by atoms with van der Waals surface area (Å²) in [5.41, 5.74) is 0. The number of likely N-dealkylation sites (tertiary alicyclic amines) is 2. The fourth-order valence-corrected chi connectivity index (χ4v) is 4.32. The molecule has 0 bridgehead atoms. The molecule has 0 aromatic carbocycles. The quantitative estimate of drug-likeness (QED) is 0.209. The zero-order chi connectivity index (χ0) is 30.3. The van der Waals surface area contributed by atoms with Crippen molar-refractivity contribution in [1.29, 1.82) is 0 Å². The molecule has 0 amide bonds. The lowest BCUT2D eigenvalue weighted by Crippen LogP contribution is -2.37. The predicted octanol–water partition coefficient (Wildman–Crippen LogP) is -0.289. The van der Waals surface area contributed by atoms with Crippen LogP contribution in [0, 0.1) is 0 Å². The summed E-state index contributed by atoms with van der Waals surface area (Å²) in [7, 11) is 3.85. The van der Waals surface area contributed by atoms with E-state index in [1.165, 1.54) is 58.3 Å². The number of hydrogen-bond donors (Lipinski definition) is 5. The standard InChI is InChI=1S/C7H15NO.C6H13NO2.C6H13NO.C6H15NO.C4H11NO/c9-7-6-8-4-2-1-3-5-8;8-4-1-7-2-5-9-6-3-7;8-6-5-7-3-1-2-4-7;1-3-7(4-2)5-6-8;1-5(2)3-4-6/h9H,1-7H2;8H,1-6H2;8H,1-6H2;8H,3-6H2,1-2H3;6H,3-4H2,1-2H3. The van der Waals surface area contributed by atoms with E-state index in [1.807, 2.05) is 19.0 Å². The van der Waals surface area contributed by atoms with Crippen LogP contribution in [0.15, 0.2) is 0 Å². The molecule has 0 spiro atoms. The highest BCUT2D eigenvalue weighted by Crippen LogP contribution is 2.07. The van der Waals surface area contributed by atoms with Crippen LogP contribution in [0.1, 0.15) is 46.0 Å². The number of likely N-dealkylation sites (N-methyl/N-ethyl adjacent to an activating group) is 2. The Kier molecular flexibility index (Phi) is 34.5. The smallest absolute Gasteiger partial charge is 0.0594 e. The molecule has 244 valence electrons. The fraction of sp³-hybridized carbons (Fsp3) is 1.00. The number of hydrogen-bond acceptors (Lipinski definition) is 11. The Morgan fingerprint density at radius 3 is 1.18 bits per heavy atom. The highest BCUT2D eigenvalue weighted by Gasteiger charge is 2.09. The van der Waals surface area contributed by atoms with E-state index in [0.29, 0.717) is 13.2 Å². The normalized spacial score (nSPS) is 18.1. The van der Waals surface area contributed by atoms with E-state index in [0.717, 1.165) is 72.1 Å². The van der Waals surface area contributed by atoms with Gasteiger partial charge in [0, 0.05) is 45.8 Å². The van der Waals surface area contributed by atoms with Crippen LogP contribution in [0.3, 0.4) is 0 Å². The lowest BCUT2D eigenvalue weighted by molar-refractivity contribution is 0.0306. The van der Waals surface area contributed by atoms with E-state index in [1.54, 1.807) is 0 Å². The molecule has 0 atom stereocenters. The molecule has 0 radical (unpaired) electrons. The first-order chi connectivity index (χ1) is 19.4. The second-order valence-electron chi connectivity index (χ2n) is 10.4. The molecule has 3 saturated heterocycles. The van der Waals surface area contributed by atoms with E-state index in [4.69, 9.17) is 30.3 Å². The Bertz CT molecular complexity index is 431. The topological polar surface area (TPSA) is 127 Å². The largest absolute Gasteiger partial charge is 0.395 e. The number of nitrogens with zero attached hydrogens (tertiary/aromatic N) is 5. The second kappa shape index (κ2) is 33.1. The monoisotopic (exact) mass is 582 g/mol. The first-order valence-electron chi connectivity index (χ1n) is 15.6. The zero-order valence-corrected chi connectivity index (χ0v) is 26.6. The van der Waals surface area contributed by atoms with E-state index in [-0.39, 0.29) is 19.8 Å². The van der Waals surface area contributed by atoms with Gasteiger partial charge in [0.2, 0.25) is 0 Å². The van der Waals surface area contributed by atoms with Crippen molar-refractivity contribution >= 4 is 0 Å². The Morgan fingerprint density at radius 1 is 0.525 bits per heavy atom. The molecule has 3 heterocycles. The van der Waals surface area contributed by atoms with Crippen LogP contribution in [-0.4, -0.2) is 195 Å². The maximum atomic E-state index is 8.58. The van der Waals surface area contributed by atoms with Gasteiger partial charge in [0.25, 0.3) is 0 Å². The molecule has 0 unspecified atom stereocenters. The average molecular weight is 582 g/mol. The van der Waals surface area contributed by atoms with Crippen molar-refractivity contribution in [2.24, 2.45) is 0 Å². The van der Waals surface area contributed by atoms with Gasteiger partial charge < -0.3 is 49.9 Å². The van der Waals surface area contributed by atoms with Crippen LogP contribution in [0.2, 0.25) is 0 Å². The third-order valence-electron chi connectivity index (χ3n) is 6.86. The van der Waals surface area contributed by atoms with Gasteiger partial charge in [-0.05, 0) is 79.0 Å². The Balaban J connectivity index is 0. The highest BCUT2D eigenvalue weighted by molar-refractivity contribution is 4.64. The molecule has 0 aliphatic carbocycles. The lowest BCUT2D eigenvalue weighted by Gasteiger charge is -2.25. The maximum Gasteiger partial charge on any atom is 0.0594 e. The summed E-state index contributed by atoms with van der Waals surface area (Å²) >= 11 is 0.